The van der Waals surface area contributed by atoms with E-state index in [1.165, 1.54) is 16.9 Å². The lowest BCUT2D eigenvalue weighted by Crippen LogP contribution is -2.21. The fourth-order valence-corrected chi connectivity index (χ4v) is 3.16. The molecule has 20 heavy (non-hydrogen) atoms. The quantitative estimate of drug-likeness (QED) is 0.884. The summed E-state index contributed by atoms with van der Waals surface area (Å²) in [4.78, 5) is 18.2. The molecule has 0 bridgehead atoms. The van der Waals surface area contributed by atoms with Crippen LogP contribution in [0.1, 0.15) is 31.2 Å². The van der Waals surface area contributed by atoms with Crippen LogP contribution in [0.15, 0.2) is 29.1 Å². The normalized spacial score (nSPS) is 11.2. The summed E-state index contributed by atoms with van der Waals surface area (Å²) in [6.07, 6.45) is 1.03. The molecule has 0 unspecified atom stereocenters. The maximum absolute atomic E-state index is 11.7. The molecule has 2 rings (SSSR count). The molecule has 1 aromatic heterocycles. The lowest BCUT2D eigenvalue weighted by Gasteiger charge is -2.17. The summed E-state index contributed by atoms with van der Waals surface area (Å²) in [6.45, 7) is 9.27. The Labute approximate surface area is 124 Å². The van der Waals surface area contributed by atoms with Crippen molar-refractivity contribution in [2.45, 2.75) is 33.7 Å². The van der Waals surface area contributed by atoms with Crippen LogP contribution in [-0.4, -0.2) is 23.0 Å². The Morgan fingerprint density at radius 2 is 1.75 bits per heavy atom. The van der Waals surface area contributed by atoms with E-state index in [4.69, 9.17) is 0 Å². The monoisotopic (exact) mass is 290 g/mol. The zero-order valence-corrected chi connectivity index (χ0v) is 13.2. The fourth-order valence-electron chi connectivity index (χ4n) is 2.26. The number of thiazole rings is 1. The number of benzene rings is 1. The van der Waals surface area contributed by atoms with Gasteiger partial charge in [0.1, 0.15) is 0 Å². The summed E-state index contributed by atoms with van der Waals surface area (Å²) >= 11 is 1.33. The summed E-state index contributed by atoms with van der Waals surface area (Å²) < 4.78 is 0. The number of hydrogen-bond acceptors (Lipinski definition) is 3. The van der Waals surface area contributed by atoms with Gasteiger partial charge >= 0.3 is 4.87 Å². The largest absolute Gasteiger partial charge is 0.312 e. The van der Waals surface area contributed by atoms with Crippen LogP contribution >= 0.6 is 11.3 Å². The van der Waals surface area contributed by atoms with Crippen molar-refractivity contribution in [1.29, 1.82) is 0 Å². The Morgan fingerprint density at radius 1 is 1.10 bits per heavy atom. The first-order chi connectivity index (χ1) is 9.67. The van der Waals surface area contributed by atoms with E-state index in [0.29, 0.717) is 0 Å². The van der Waals surface area contributed by atoms with Crippen molar-refractivity contribution < 1.29 is 0 Å². The third-order valence-corrected chi connectivity index (χ3v) is 4.50. The van der Waals surface area contributed by atoms with Gasteiger partial charge in [0.25, 0.3) is 0 Å². The van der Waals surface area contributed by atoms with Crippen molar-refractivity contribution in [3.63, 3.8) is 0 Å². The van der Waals surface area contributed by atoms with Crippen molar-refractivity contribution >= 4 is 11.3 Å². The van der Waals surface area contributed by atoms with Gasteiger partial charge in [0.15, 0.2) is 0 Å². The molecule has 4 heteroatoms. The number of aryl methyl sites for hydroxylation is 1. The van der Waals surface area contributed by atoms with Gasteiger partial charge in [-0.15, -0.1) is 0 Å². The molecule has 0 saturated heterocycles. The molecule has 0 aliphatic rings. The van der Waals surface area contributed by atoms with Crippen LogP contribution in [0.3, 0.4) is 0 Å². The average molecular weight is 290 g/mol. The number of H-pyrrole nitrogens is 1. The lowest BCUT2D eigenvalue weighted by atomic mass is 10.1. The van der Waals surface area contributed by atoms with E-state index in [1.807, 2.05) is 0 Å². The second-order valence-electron chi connectivity index (χ2n) is 4.82. The van der Waals surface area contributed by atoms with Gasteiger partial charge in [0, 0.05) is 11.4 Å². The molecular formula is C16H22N2OS. The van der Waals surface area contributed by atoms with Crippen LogP contribution in [0, 0.1) is 0 Å². The number of hydrogen-bond donors (Lipinski definition) is 1. The Balaban J connectivity index is 2.33. The Bertz CT molecular complexity index is 594. The van der Waals surface area contributed by atoms with Crippen LogP contribution in [0.2, 0.25) is 0 Å². The van der Waals surface area contributed by atoms with Crippen LogP contribution < -0.4 is 4.87 Å². The fraction of sp³-hybridized carbons (Fsp3) is 0.438. The molecule has 2 aromatic rings. The Morgan fingerprint density at radius 3 is 2.30 bits per heavy atom. The highest BCUT2D eigenvalue weighted by Gasteiger charge is 2.12. The molecule has 108 valence electrons. The highest BCUT2D eigenvalue weighted by Crippen LogP contribution is 2.25. The first kappa shape index (κ1) is 15.0. The van der Waals surface area contributed by atoms with Gasteiger partial charge in [-0.2, -0.15) is 0 Å². The molecule has 0 aliphatic carbocycles. The molecule has 0 saturated carbocycles. The minimum absolute atomic E-state index is 0.0294. The third kappa shape index (κ3) is 3.38. The van der Waals surface area contributed by atoms with Crippen LogP contribution in [0.5, 0.6) is 0 Å². The Kier molecular flexibility index (Phi) is 5.15. The smallest absolute Gasteiger partial charge is 0.305 e. The van der Waals surface area contributed by atoms with Gasteiger partial charge in [-0.1, -0.05) is 56.4 Å². The third-order valence-electron chi connectivity index (χ3n) is 3.63. The van der Waals surface area contributed by atoms with Gasteiger partial charge in [-0.3, -0.25) is 9.69 Å². The summed E-state index contributed by atoms with van der Waals surface area (Å²) in [5.74, 6) is 0. The zero-order valence-electron chi connectivity index (χ0n) is 12.4. The molecule has 0 spiro atoms. The zero-order chi connectivity index (χ0) is 14.5. The van der Waals surface area contributed by atoms with E-state index in [9.17, 15) is 4.79 Å². The van der Waals surface area contributed by atoms with Gasteiger partial charge in [-0.05, 0) is 30.6 Å². The first-order valence-corrected chi connectivity index (χ1v) is 8.03. The van der Waals surface area contributed by atoms with Gasteiger partial charge in [-0.25, -0.2) is 0 Å². The van der Waals surface area contributed by atoms with Crippen molar-refractivity contribution in [1.82, 2.24) is 9.88 Å². The molecule has 0 amide bonds. The van der Waals surface area contributed by atoms with Crippen LogP contribution in [0.25, 0.3) is 11.3 Å². The number of aromatic nitrogens is 1. The van der Waals surface area contributed by atoms with Gasteiger partial charge < -0.3 is 4.98 Å². The second kappa shape index (κ2) is 6.86. The van der Waals surface area contributed by atoms with E-state index >= 15 is 0 Å². The van der Waals surface area contributed by atoms with E-state index in [1.54, 1.807) is 0 Å². The summed E-state index contributed by atoms with van der Waals surface area (Å²) in [5.41, 5.74) is 3.40. The van der Waals surface area contributed by atoms with Crippen molar-refractivity contribution in [2.75, 3.05) is 13.1 Å². The average Bonchev–Trinajstić information content (AvgIpc) is 2.85. The SMILES string of the molecule is CCc1ccc(-c2[nH]c(=O)sc2CN(CC)CC)cc1. The predicted molar refractivity (Wildman–Crippen MR) is 86.4 cm³/mol. The van der Waals surface area contributed by atoms with Gasteiger partial charge in [0.05, 0.1) is 5.69 Å². The minimum Gasteiger partial charge on any atom is -0.312 e. The molecule has 3 nitrogen and oxygen atoms in total. The van der Waals surface area contributed by atoms with Crippen molar-refractivity contribution in [2.24, 2.45) is 0 Å². The molecule has 0 radical (unpaired) electrons. The molecule has 1 aromatic carbocycles. The first-order valence-electron chi connectivity index (χ1n) is 7.21. The number of nitrogens with zero attached hydrogens (tertiary/aromatic N) is 1. The minimum atomic E-state index is 0.0294. The molecule has 0 fully saturated rings. The molecule has 0 atom stereocenters. The maximum Gasteiger partial charge on any atom is 0.305 e. The topological polar surface area (TPSA) is 36.1 Å². The van der Waals surface area contributed by atoms with Crippen LogP contribution in [0.4, 0.5) is 0 Å². The van der Waals surface area contributed by atoms with Crippen molar-refractivity contribution in [3.05, 3.63) is 44.4 Å². The summed E-state index contributed by atoms with van der Waals surface area (Å²) in [5, 5.41) is 0. The standard InChI is InChI=1S/C16H22N2OS/c1-4-12-7-9-13(10-8-12)15-14(20-16(19)17-15)11-18(5-2)6-3/h7-10H,4-6,11H2,1-3H3,(H,17,19). The lowest BCUT2D eigenvalue weighted by molar-refractivity contribution is 0.298. The Hall–Kier alpha value is -1.39. The summed E-state index contributed by atoms with van der Waals surface area (Å²) in [7, 11) is 0. The molecule has 1 N–H and O–H groups in total. The van der Waals surface area contributed by atoms with E-state index in [0.717, 1.165) is 42.2 Å². The predicted octanol–water partition coefficient (Wildman–Crippen LogP) is 3.51. The maximum atomic E-state index is 11.7. The highest BCUT2D eigenvalue weighted by molar-refractivity contribution is 7.09. The van der Waals surface area contributed by atoms with Crippen molar-refractivity contribution in [3.8, 4) is 11.3 Å². The summed E-state index contributed by atoms with van der Waals surface area (Å²) in [6, 6.07) is 8.46. The highest BCUT2D eigenvalue weighted by atomic mass is 32.1. The molecule has 0 aliphatic heterocycles. The van der Waals surface area contributed by atoms with Crippen LogP contribution in [-0.2, 0) is 13.0 Å². The van der Waals surface area contributed by atoms with E-state index in [-0.39, 0.29) is 4.87 Å². The molecular weight excluding hydrogens is 268 g/mol. The number of aromatic amines is 1. The van der Waals surface area contributed by atoms with Gasteiger partial charge in [0.2, 0.25) is 0 Å². The van der Waals surface area contributed by atoms with E-state index in [2.05, 4.69) is 54.9 Å². The molecule has 1 heterocycles. The van der Waals surface area contributed by atoms with E-state index < -0.39 is 0 Å². The number of rotatable bonds is 6. The number of nitrogens with one attached hydrogen (secondary N) is 1. The second-order valence-corrected chi connectivity index (χ2v) is 5.89.